The fraction of sp³-hybridized carbons (Fsp3) is 0.750. The third kappa shape index (κ3) is 10.5. The number of nitrogens with zero attached hydrogens (tertiary/aromatic N) is 3. The van der Waals surface area contributed by atoms with Crippen molar-refractivity contribution in [3.05, 3.63) is 12.8 Å². The second-order valence-corrected chi connectivity index (χ2v) is 8.37. The predicted molar refractivity (Wildman–Crippen MR) is 111 cm³/mol. The minimum Gasteiger partial charge on any atom is -0.330 e. The van der Waals surface area contributed by atoms with Crippen molar-refractivity contribution in [2.45, 2.75) is 38.5 Å². The highest BCUT2D eigenvalue weighted by molar-refractivity contribution is 8.00. The molecule has 0 rings (SSSR count). The van der Waals surface area contributed by atoms with Crippen LogP contribution >= 0.6 is 0 Å². The molecule has 146 valence electrons. The number of nitrogens with one attached hydrogen (secondary N) is 2. The number of aliphatic imine (C=N–C) groups is 2. The van der Waals surface area contributed by atoms with Gasteiger partial charge in [-0.15, -0.1) is 0 Å². The molecule has 0 aliphatic heterocycles. The maximum atomic E-state index is 12.2. The molecular weight excluding hydrogens is 358 g/mol. The van der Waals surface area contributed by atoms with Crippen LogP contribution in [0.3, 0.4) is 0 Å². The molecule has 0 spiro atoms. The van der Waals surface area contributed by atoms with Crippen molar-refractivity contribution in [3.8, 4) is 0 Å². The Balaban J connectivity index is 3.79. The summed E-state index contributed by atoms with van der Waals surface area (Å²) in [7, 11) is 4.66. The Morgan fingerprint density at radius 3 is 1.96 bits per heavy atom. The van der Waals surface area contributed by atoms with E-state index < -0.39 is 21.6 Å². The molecule has 0 aromatic rings. The van der Waals surface area contributed by atoms with Crippen LogP contribution in [0.25, 0.3) is 0 Å². The fourth-order valence-electron chi connectivity index (χ4n) is 2.18. The van der Waals surface area contributed by atoms with Gasteiger partial charge in [0.05, 0.1) is 21.6 Å². The Labute approximate surface area is 157 Å². The van der Waals surface area contributed by atoms with Crippen molar-refractivity contribution in [3.63, 3.8) is 0 Å². The van der Waals surface area contributed by atoms with Crippen molar-refractivity contribution < 1.29 is 8.42 Å². The van der Waals surface area contributed by atoms with E-state index in [1.54, 1.807) is 39.3 Å². The molecule has 0 amide bonds. The molecule has 0 aliphatic rings. The first kappa shape index (κ1) is 23.9. The minimum atomic E-state index is -1.07. The van der Waals surface area contributed by atoms with Gasteiger partial charge in [-0.05, 0) is 19.0 Å². The van der Waals surface area contributed by atoms with Crippen LogP contribution in [0.2, 0.25) is 0 Å². The van der Waals surface area contributed by atoms with Gasteiger partial charge in [0.15, 0.2) is 5.17 Å². The monoisotopic (exact) mass is 391 g/mol. The average molecular weight is 392 g/mol. The van der Waals surface area contributed by atoms with Crippen LogP contribution in [-0.4, -0.2) is 63.3 Å². The van der Waals surface area contributed by atoms with Gasteiger partial charge >= 0.3 is 0 Å². The standard InChI is InChI=1S/C16H33N5O2S2/c1-6-21(5)16(18-3)25(23)14-12-10-8-7-9-11-13-24(22)15(17-2)20-19-4/h6,19H,1,7-14H2,2-5H3,(H,17,20). The third-order valence-electron chi connectivity index (χ3n) is 3.53. The van der Waals surface area contributed by atoms with E-state index in [1.807, 2.05) is 0 Å². The quantitative estimate of drug-likeness (QED) is 0.242. The van der Waals surface area contributed by atoms with Gasteiger partial charge < -0.3 is 4.90 Å². The van der Waals surface area contributed by atoms with E-state index in [4.69, 9.17) is 0 Å². The molecular formula is C16H33N5O2S2. The topological polar surface area (TPSA) is 86.2 Å². The van der Waals surface area contributed by atoms with Crippen LogP contribution < -0.4 is 10.9 Å². The largest absolute Gasteiger partial charge is 0.330 e. The van der Waals surface area contributed by atoms with Gasteiger partial charge in [-0.25, -0.2) is 5.43 Å². The lowest BCUT2D eigenvalue weighted by Crippen LogP contribution is -2.37. The van der Waals surface area contributed by atoms with Crippen molar-refractivity contribution in [1.29, 1.82) is 0 Å². The van der Waals surface area contributed by atoms with Crippen molar-refractivity contribution in [2.24, 2.45) is 9.98 Å². The van der Waals surface area contributed by atoms with Crippen molar-refractivity contribution in [2.75, 3.05) is 39.7 Å². The van der Waals surface area contributed by atoms with Crippen molar-refractivity contribution >= 4 is 31.9 Å². The first-order valence-electron chi connectivity index (χ1n) is 8.50. The molecule has 25 heavy (non-hydrogen) atoms. The molecule has 9 heteroatoms. The van der Waals surface area contributed by atoms with E-state index in [2.05, 4.69) is 27.4 Å². The van der Waals surface area contributed by atoms with Crippen LogP contribution in [-0.2, 0) is 21.6 Å². The highest BCUT2D eigenvalue weighted by Gasteiger charge is 2.11. The van der Waals surface area contributed by atoms with Crippen LogP contribution in [0, 0.1) is 0 Å². The zero-order valence-electron chi connectivity index (χ0n) is 15.9. The molecule has 0 radical (unpaired) electrons. The normalized spacial score (nSPS) is 14.9. The maximum Gasteiger partial charge on any atom is 0.201 e. The van der Waals surface area contributed by atoms with Gasteiger partial charge in [0.2, 0.25) is 5.17 Å². The number of hydrogen-bond acceptors (Lipinski definition) is 5. The van der Waals surface area contributed by atoms with Gasteiger partial charge in [0, 0.05) is 39.7 Å². The van der Waals surface area contributed by atoms with E-state index in [-0.39, 0.29) is 0 Å². The number of hydrazine groups is 1. The predicted octanol–water partition coefficient (Wildman–Crippen LogP) is 1.60. The van der Waals surface area contributed by atoms with Crippen LogP contribution in [0.1, 0.15) is 38.5 Å². The molecule has 2 atom stereocenters. The first-order valence-corrected chi connectivity index (χ1v) is 11.1. The summed E-state index contributed by atoms with van der Waals surface area (Å²) in [6, 6.07) is 0. The lowest BCUT2D eigenvalue weighted by Gasteiger charge is -2.15. The summed E-state index contributed by atoms with van der Waals surface area (Å²) in [5.74, 6) is 1.25. The fourth-order valence-corrected chi connectivity index (χ4v) is 4.51. The molecule has 2 unspecified atom stereocenters. The zero-order chi connectivity index (χ0) is 19.1. The summed E-state index contributed by atoms with van der Waals surface area (Å²) in [6.45, 7) is 3.66. The highest BCUT2D eigenvalue weighted by atomic mass is 32.2. The van der Waals surface area contributed by atoms with Gasteiger partial charge in [0.1, 0.15) is 0 Å². The number of rotatable bonds is 11. The number of unbranched alkanes of at least 4 members (excludes halogenated alkanes) is 5. The minimum absolute atomic E-state index is 0.489. The molecule has 0 bridgehead atoms. The van der Waals surface area contributed by atoms with Crippen LogP contribution in [0.5, 0.6) is 0 Å². The number of hydrogen-bond donors (Lipinski definition) is 2. The van der Waals surface area contributed by atoms with E-state index in [0.717, 1.165) is 38.5 Å². The summed E-state index contributed by atoms with van der Waals surface area (Å²) in [5, 5.41) is 1.06. The molecule has 0 fully saturated rings. The van der Waals surface area contributed by atoms with Gasteiger partial charge in [-0.1, -0.05) is 32.3 Å². The molecule has 0 aromatic carbocycles. The Morgan fingerprint density at radius 1 is 1.00 bits per heavy atom. The lowest BCUT2D eigenvalue weighted by atomic mass is 10.1. The highest BCUT2D eigenvalue weighted by Crippen LogP contribution is 2.08. The van der Waals surface area contributed by atoms with E-state index in [1.165, 1.54) is 0 Å². The average Bonchev–Trinajstić information content (AvgIpc) is 2.61. The van der Waals surface area contributed by atoms with Crippen LogP contribution in [0.15, 0.2) is 22.8 Å². The summed E-state index contributed by atoms with van der Waals surface area (Å²) in [5.41, 5.74) is 5.53. The Hall–Kier alpha value is -1.06. The molecule has 0 aromatic heterocycles. The van der Waals surface area contributed by atoms with E-state index >= 15 is 0 Å². The van der Waals surface area contributed by atoms with Crippen LogP contribution in [0.4, 0.5) is 0 Å². The second-order valence-electron chi connectivity index (χ2n) is 5.42. The Kier molecular flexibility index (Phi) is 14.6. The Bertz CT molecular complexity index is 495. The molecule has 0 aliphatic carbocycles. The van der Waals surface area contributed by atoms with E-state index in [9.17, 15) is 8.42 Å². The van der Waals surface area contributed by atoms with Gasteiger partial charge in [0.25, 0.3) is 0 Å². The summed E-state index contributed by atoms with van der Waals surface area (Å²) < 4.78 is 24.1. The number of amidine groups is 2. The van der Waals surface area contributed by atoms with Crippen molar-refractivity contribution in [1.82, 2.24) is 15.8 Å². The first-order chi connectivity index (χ1) is 12.0. The molecule has 0 heterocycles. The second kappa shape index (κ2) is 15.2. The van der Waals surface area contributed by atoms with Gasteiger partial charge in [-0.3, -0.25) is 23.8 Å². The Morgan fingerprint density at radius 2 is 1.52 bits per heavy atom. The van der Waals surface area contributed by atoms with E-state index in [0.29, 0.717) is 21.8 Å². The molecule has 0 saturated carbocycles. The summed E-state index contributed by atoms with van der Waals surface area (Å²) in [4.78, 5) is 9.74. The lowest BCUT2D eigenvalue weighted by molar-refractivity contribution is 0.620. The zero-order valence-corrected chi connectivity index (χ0v) is 17.5. The molecule has 0 saturated heterocycles. The third-order valence-corrected chi connectivity index (χ3v) is 6.44. The summed E-state index contributed by atoms with van der Waals surface area (Å²) in [6.07, 6.45) is 7.75. The molecule has 2 N–H and O–H groups in total. The van der Waals surface area contributed by atoms with Gasteiger partial charge in [-0.2, -0.15) is 0 Å². The SMILES string of the molecule is C=CN(C)C(=NC)S(=O)CCCCCCCCS(=O)C(=NC)NNC. The maximum absolute atomic E-state index is 12.2. The summed E-state index contributed by atoms with van der Waals surface area (Å²) >= 11 is 0. The smallest absolute Gasteiger partial charge is 0.201 e. The molecule has 7 nitrogen and oxygen atoms in total.